The van der Waals surface area contributed by atoms with Crippen molar-refractivity contribution in [1.29, 1.82) is 0 Å². The van der Waals surface area contributed by atoms with Gasteiger partial charge in [0.15, 0.2) is 0 Å². The van der Waals surface area contributed by atoms with Gasteiger partial charge in [0, 0.05) is 6.42 Å². The molecule has 0 amide bonds. The number of carbonyl (C=O) groups is 1. The van der Waals surface area contributed by atoms with Gasteiger partial charge in [0.1, 0.15) is 12.1 Å². The number of aliphatic hydroxyl groups excluding tert-OH is 1. The summed E-state index contributed by atoms with van der Waals surface area (Å²) in [5.74, 6) is -0.302. The molecule has 2 nitrogen and oxygen atoms in total. The van der Waals surface area contributed by atoms with Crippen LogP contribution >= 0.6 is 0 Å². The fourth-order valence-corrected chi connectivity index (χ4v) is 1.26. The second kappa shape index (κ2) is 6.09. The second-order valence-corrected chi connectivity index (χ2v) is 3.14. The van der Waals surface area contributed by atoms with Crippen LogP contribution in [0.25, 0.3) is 5.57 Å². The Bertz CT molecular complexity index is 341. The first kappa shape index (κ1) is 11.6. The molecule has 1 aromatic rings. The van der Waals surface area contributed by atoms with Gasteiger partial charge in [-0.1, -0.05) is 18.2 Å². The van der Waals surface area contributed by atoms with Gasteiger partial charge in [-0.05, 0) is 29.7 Å². The number of hydrogen-bond donors (Lipinski definition) is 1. The Morgan fingerprint density at radius 3 is 2.47 bits per heavy atom. The Morgan fingerprint density at radius 2 is 1.93 bits per heavy atom. The predicted molar refractivity (Wildman–Crippen MR) is 56.8 cm³/mol. The minimum absolute atomic E-state index is 0.107. The average Bonchev–Trinajstić information content (AvgIpc) is 2.26. The van der Waals surface area contributed by atoms with Crippen LogP contribution in [0.2, 0.25) is 0 Å². The van der Waals surface area contributed by atoms with E-state index < -0.39 is 0 Å². The fourth-order valence-electron chi connectivity index (χ4n) is 1.26. The number of carbonyl (C=O) groups excluding carboxylic acids is 1. The van der Waals surface area contributed by atoms with Crippen LogP contribution in [0.5, 0.6) is 0 Å². The molecule has 0 radical (unpaired) electrons. The molecule has 3 heteroatoms. The zero-order chi connectivity index (χ0) is 11.1. The van der Waals surface area contributed by atoms with Crippen molar-refractivity contribution in [2.75, 3.05) is 6.61 Å². The fraction of sp³-hybridized carbons (Fsp3) is 0.250. The molecule has 0 aromatic heterocycles. The van der Waals surface area contributed by atoms with Gasteiger partial charge in [0.05, 0.1) is 6.61 Å². The maximum atomic E-state index is 12.6. The van der Waals surface area contributed by atoms with Crippen LogP contribution in [-0.2, 0) is 4.79 Å². The third kappa shape index (κ3) is 3.64. The molecule has 1 N–H and O–H groups in total. The number of rotatable bonds is 5. The number of hydrogen-bond acceptors (Lipinski definition) is 2. The predicted octanol–water partition coefficient (Wildman–Crippen LogP) is 2.18. The third-order valence-corrected chi connectivity index (χ3v) is 2.06. The molecule has 1 aromatic carbocycles. The number of aldehydes is 1. The lowest BCUT2D eigenvalue weighted by atomic mass is 10.1. The lowest BCUT2D eigenvalue weighted by Crippen LogP contribution is -1.91. The van der Waals surface area contributed by atoms with Gasteiger partial charge in [-0.3, -0.25) is 0 Å². The van der Waals surface area contributed by atoms with Crippen molar-refractivity contribution >= 4 is 11.9 Å². The van der Waals surface area contributed by atoms with Gasteiger partial charge >= 0.3 is 0 Å². The van der Waals surface area contributed by atoms with Crippen LogP contribution in [0, 0.1) is 5.82 Å². The summed E-state index contributed by atoms with van der Waals surface area (Å²) < 4.78 is 12.6. The normalized spacial score (nSPS) is 11.5. The molecule has 0 atom stereocenters. The molecule has 0 fully saturated rings. The molecule has 1 rings (SSSR count). The minimum atomic E-state index is -0.302. The minimum Gasteiger partial charge on any atom is -0.392 e. The smallest absolute Gasteiger partial charge is 0.123 e. The van der Waals surface area contributed by atoms with Crippen LogP contribution < -0.4 is 0 Å². The van der Waals surface area contributed by atoms with E-state index >= 15 is 0 Å². The first-order valence-electron chi connectivity index (χ1n) is 4.77. The summed E-state index contributed by atoms with van der Waals surface area (Å²) in [4.78, 5) is 10.1. The van der Waals surface area contributed by atoms with Crippen molar-refractivity contribution in [3.63, 3.8) is 0 Å². The van der Waals surface area contributed by atoms with Gasteiger partial charge in [0.2, 0.25) is 0 Å². The van der Waals surface area contributed by atoms with E-state index in [9.17, 15) is 9.18 Å². The van der Waals surface area contributed by atoms with Gasteiger partial charge in [-0.2, -0.15) is 0 Å². The number of unbranched alkanes of at least 4 members (excludes halogenated alkanes) is 1. The number of aliphatic hydroxyl groups is 1. The first-order chi connectivity index (χ1) is 7.27. The maximum absolute atomic E-state index is 12.6. The topological polar surface area (TPSA) is 37.3 Å². The molecule has 15 heavy (non-hydrogen) atoms. The summed E-state index contributed by atoms with van der Waals surface area (Å²) in [5, 5.41) is 9.10. The number of benzene rings is 1. The summed E-state index contributed by atoms with van der Waals surface area (Å²) in [6.45, 7) is -0.107. The lowest BCUT2D eigenvalue weighted by molar-refractivity contribution is -0.107. The summed E-state index contributed by atoms with van der Waals surface area (Å²) in [7, 11) is 0. The third-order valence-electron chi connectivity index (χ3n) is 2.06. The second-order valence-electron chi connectivity index (χ2n) is 3.14. The molecule has 0 aliphatic carbocycles. The molecular weight excluding hydrogens is 195 g/mol. The highest BCUT2D eigenvalue weighted by molar-refractivity contribution is 5.66. The van der Waals surface area contributed by atoms with E-state index in [4.69, 9.17) is 5.11 Å². The molecule has 0 saturated heterocycles. The quantitative estimate of drug-likeness (QED) is 0.594. The van der Waals surface area contributed by atoms with Gasteiger partial charge < -0.3 is 9.90 Å². The Kier molecular flexibility index (Phi) is 4.71. The SMILES string of the molecule is O=CCC/C=C(\CO)c1ccc(F)cc1. The molecule has 0 spiro atoms. The zero-order valence-corrected chi connectivity index (χ0v) is 8.32. The van der Waals surface area contributed by atoms with Crippen LogP contribution in [0.1, 0.15) is 18.4 Å². The molecule has 80 valence electrons. The van der Waals surface area contributed by atoms with E-state index in [0.29, 0.717) is 12.8 Å². The highest BCUT2D eigenvalue weighted by Crippen LogP contribution is 2.15. The molecule has 0 unspecified atom stereocenters. The molecule has 0 bridgehead atoms. The summed E-state index contributed by atoms with van der Waals surface area (Å²) in [6, 6.07) is 5.91. The standard InChI is InChI=1S/C12H13FO2/c13-12-6-4-10(5-7-12)11(9-15)3-1-2-8-14/h3-8,15H,1-2,9H2/b11-3+. The highest BCUT2D eigenvalue weighted by atomic mass is 19.1. The molecule has 0 heterocycles. The van der Waals surface area contributed by atoms with E-state index in [0.717, 1.165) is 17.4 Å². The van der Waals surface area contributed by atoms with Crippen LogP contribution in [0.3, 0.4) is 0 Å². The van der Waals surface area contributed by atoms with Crippen LogP contribution in [0.4, 0.5) is 4.39 Å². The van der Waals surface area contributed by atoms with Crippen LogP contribution in [-0.4, -0.2) is 18.0 Å². The molecular formula is C12H13FO2. The summed E-state index contributed by atoms with van der Waals surface area (Å²) in [5.41, 5.74) is 1.50. The lowest BCUT2D eigenvalue weighted by Gasteiger charge is -2.03. The molecule has 0 aliphatic rings. The van der Waals surface area contributed by atoms with Crippen LogP contribution in [0.15, 0.2) is 30.3 Å². The Balaban J connectivity index is 2.77. The average molecular weight is 208 g/mol. The summed E-state index contributed by atoms with van der Waals surface area (Å²) >= 11 is 0. The van der Waals surface area contributed by atoms with Crippen molar-refractivity contribution in [2.24, 2.45) is 0 Å². The summed E-state index contributed by atoms with van der Waals surface area (Å²) in [6.07, 6.45) is 3.65. The highest BCUT2D eigenvalue weighted by Gasteiger charge is 1.99. The van der Waals surface area contributed by atoms with Crippen molar-refractivity contribution < 1.29 is 14.3 Å². The molecule has 0 aliphatic heterocycles. The van der Waals surface area contributed by atoms with E-state index in [-0.39, 0.29) is 12.4 Å². The van der Waals surface area contributed by atoms with E-state index in [1.54, 1.807) is 18.2 Å². The zero-order valence-electron chi connectivity index (χ0n) is 8.32. The van der Waals surface area contributed by atoms with Crippen molar-refractivity contribution in [3.8, 4) is 0 Å². The van der Waals surface area contributed by atoms with E-state index in [2.05, 4.69) is 0 Å². The van der Waals surface area contributed by atoms with E-state index in [1.807, 2.05) is 0 Å². The van der Waals surface area contributed by atoms with E-state index in [1.165, 1.54) is 12.1 Å². The van der Waals surface area contributed by atoms with Crippen molar-refractivity contribution in [3.05, 3.63) is 41.7 Å². The largest absolute Gasteiger partial charge is 0.392 e. The van der Waals surface area contributed by atoms with Crippen molar-refractivity contribution in [1.82, 2.24) is 0 Å². The van der Waals surface area contributed by atoms with Gasteiger partial charge in [-0.25, -0.2) is 4.39 Å². The Morgan fingerprint density at radius 1 is 1.27 bits per heavy atom. The van der Waals surface area contributed by atoms with Gasteiger partial charge in [-0.15, -0.1) is 0 Å². The number of halogens is 1. The number of allylic oxidation sites excluding steroid dienone is 1. The Labute approximate surface area is 88.1 Å². The monoisotopic (exact) mass is 208 g/mol. The maximum Gasteiger partial charge on any atom is 0.123 e. The van der Waals surface area contributed by atoms with Crippen molar-refractivity contribution in [2.45, 2.75) is 12.8 Å². The Hall–Kier alpha value is -1.48. The van der Waals surface area contributed by atoms with Gasteiger partial charge in [0.25, 0.3) is 0 Å². The first-order valence-corrected chi connectivity index (χ1v) is 4.77. The molecule has 0 saturated carbocycles.